The van der Waals surface area contributed by atoms with Crippen molar-refractivity contribution in [3.63, 3.8) is 0 Å². The van der Waals surface area contributed by atoms with Gasteiger partial charge in [0.05, 0.1) is 0 Å². The lowest BCUT2D eigenvalue weighted by atomic mass is 10.2. The molecular weight excluding hydrogens is 233 g/mol. The Morgan fingerprint density at radius 1 is 1.18 bits per heavy atom. The molecule has 96 valence electrons. The van der Waals surface area contributed by atoms with Crippen LogP contribution < -0.4 is 0 Å². The molecule has 1 aromatic carbocycles. The molecule has 17 heavy (non-hydrogen) atoms. The van der Waals surface area contributed by atoms with Crippen molar-refractivity contribution in [1.82, 2.24) is 4.90 Å². The molecule has 0 saturated heterocycles. The molecule has 0 aromatic heterocycles. The van der Waals surface area contributed by atoms with E-state index in [4.69, 9.17) is 0 Å². The molecule has 0 bridgehead atoms. The second-order valence-corrected chi connectivity index (χ2v) is 4.95. The van der Waals surface area contributed by atoms with Gasteiger partial charge in [0.1, 0.15) is 5.82 Å². The summed E-state index contributed by atoms with van der Waals surface area (Å²) in [6.07, 6.45) is 4.93. The number of halogens is 1. The average Bonchev–Trinajstić information content (AvgIpc) is 2.29. The molecule has 0 heterocycles. The highest BCUT2D eigenvalue weighted by atomic mass is 32.1. The van der Waals surface area contributed by atoms with Gasteiger partial charge in [0, 0.05) is 6.54 Å². The lowest BCUT2D eigenvalue weighted by molar-refractivity contribution is 0.316. The van der Waals surface area contributed by atoms with Crippen LogP contribution in [0.4, 0.5) is 4.39 Å². The van der Waals surface area contributed by atoms with E-state index in [1.165, 1.54) is 31.7 Å². The van der Waals surface area contributed by atoms with Gasteiger partial charge in [-0.2, -0.15) is 12.6 Å². The van der Waals surface area contributed by atoms with E-state index in [9.17, 15) is 4.39 Å². The number of hydrogen-bond acceptors (Lipinski definition) is 2. The van der Waals surface area contributed by atoms with Crippen LogP contribution in [0.25, 0.3) is 0 Å². The molecule has 0 atom stereocenters. The van der Waals surface area contributed by atoms with E-state index in [0.29, 0.717) is 0 Å². The lowest BCUT2D eigenvalue weighted by Gasteiger charge is -2.16. The molecule has 1 rings (SSSR count). The van der Waals surface area contributed by atoms with Gasteiger partial charge >= 0.3 is 0 Å². The van der Waals surface area contributed by atoms with Gasteiger partial charge in [-0.1, -0.05) is 25.0 Å². The third-order valence-corrected chi connectivity index (χ3v) is 3.11. The molecule has 0 spiro atoms. The Kier molecular flexibility index (Phi) is 7.29. The van der Waals surface area contributed by atoms with E-state index in [2.05, 4.69) is 24.6 Å². The van der Waals surface area contributed by atoms with Crippen molar-refractivity contribution in [2.75, 3.05) is 19.3 Å². The van der Waals surface area contributed by atoms with Crippen LogP contribution in [0.2, 0.25) is 0 Å². The summed E-state index contributed by atoms with van der Waals surface area (Å²) < 4.78 is 13.0. The second kappa shape index (κ2) is 8.54. The van der Waals surface area contributed by atoms with Crippen LogP contribution in [0.3, 0.4) is 0 Å². The van der Waals surface area contributed by atoms with E-state index in [-0.39, 0.29) is 5.82 Å². The molecule has 1 nitrogen and oxygen atoms in total. The molecule has 0 unspecified atom stereocenters. The Labute approximate surface area is 109 Å². The maximum atomic E-state index is 13.0. The lowest BCUT2D eigenvalue weighted by Crippen LogP contribution is -2.19. The molecule has 1 aromatic rings. The van der Waals surface area contributed by atoms with Crippen LogP contribution in [-0.4, -0.2) is 24.2 Å². The van der Waals surface area contributed by atoms with Gasteiger partial charge in [0.15, 0.2) is 0 Å². The van der Waals surface area contributed by atoms with Crippen LogP contribution in [0.1, 0.15) is 31.2 Å². The summed E-state index contributed by atoms with van der Waals surface area (Å²) in [5.74, 6) is 0.837. The zero-order valence-corrected chi connectivity index (χ0v) is 11.4. The highest BCUT2D eigenvalue weighted by Gasteiger charge is 2.01. The number of unbranched alkanes of at least 4 members (excludes halogenated alkanes) is 3. The predicted octanol–water partition coefficient (Wildman–Crippen LogP) is 3.75. The number of hydrogen-bond donors (Lipinski definition) is 1. The van der Waals surface area contributed by atoms with Gasteiger partial charge in [-0.05, 0) is 49.9 Å². The molecule has 0 aliphatic carbocycles. The molecule has 0 aliphatic rings. The van der Waals surface area contributed by atoms with Gasteiger partial charge in [-0.25, -0.2) is 4.39 Å². The first-order valence-electron chi connectivity index (χ1n) is 6.26. The summed E-state index contributed by atoms with van der Waals surface area (Å²) in [5.41, 5.74) is 1.04. The Balaban J connectivity index is 2.18. The molecule has 0 aliphatic heterocycles. The average molecular weight is 255 g/mol. The summed E-state index contributed by atoms with van der Waals surface area (Å²) in [5, 5.41) is 0. The monoisotopic (exact) mass is 255 g/mol. The fourth-order valence-corrected chi connectivity index (χ4v) is 2.10. The van der Waals surface area contributed by atoms with Gasteiger partial charge in [0.2, 0.25) is 0 Å². The van der Waals surface area contributed by atoms with Crippen molar-refractivity contribution in [2.45, 2.75) is 32.2 Å². The Morgan fingerprint density at radius 2 is 1.94 bits per heavy atom. The van der Waals surface area contributed by atoms with Crippen LogP contribution in [-0.2, 0) is 6.54 Å². The highest BCUT2D eigenvalue weighted by Crippen LogP contribution is 2.08. The van der Waals surface area contributed by atoms with Crippen LogP contribution in [0.5, 0.6) is 0 Å². The van der Waals surface area contributed by atoms with E-state index in [1.807, 2.05) is 6.07 Å². The van der Waals surface area contributed by atoms with Crippen molar-refractivity contribution >= 4 is 12.6 Å². The molecule has 0 amide bonds. The highest BCUT2D eigenvalue weighted by molar-refractivity contribution is 7.80. The molecule has 0 N–H and O–H groups in total. The van der Waals surface area contributed by atoms with Crippen LogP contribution >= 0.6 is 12.6 Å². The number of thiol groups is 1. The minimum Gasteiger partial charge on any atom is -0.302 e. The summed E-state index contributed by atoms with van der Waals surface area (Å²) in [4.78, 5) is 2.25. The zero-order valence-electron chi connectivity index (χ0n) is 10.5. The molecule has 0 fully saturated rings. The van der Waals surface area contributed by atoms with E-state index in [0.717, 1.165) is 24.4 Å². The van der Waals surface area contributed by atoms with Gasteiger partial charge < -0.3 is 4.90 Å². The van der Waals surface area contributed by atoms with E-state index < -0.39 is 0 Å². The first kappa shape index (κ1) is 14.5. The maximum absolute atomic E-state index is 13.0. The van der Waals surface area contributed by atoms with Crippen LogP contribution in [0.15, 0.2) is 24.3 Å². The first-order chi connectivity index (χ1) is 8.22. The topological polar surface area (TPSA) is 3.24 Å². The van der Waals surface area contributed by atoms with Gasteiger partial charge in [-0.15, -0.1) is 0 Å². The largest absolute Gasteiger partial charge is 0.302 e. The molecular formula is C14H22FNS. The zero-order chi connectivity index (χ0) is 12.5. The minimum absolute atomic E-state index is 0.148. The summed E-state index contributed by atoms with van der Waals surface area (Å²) in [6, 6.07) is 6.84. The van der Waals surface area contributed by atoms with E-state index >= 15 is 0 Å². The maximum Gasteiger partial charge on any atom is 0.123 e. The smallest absolute Gasteiger partial charge is 0.123 e. The second-order valence-electron chi connectivity index (χ2n) is 4.51. The third-order valence-electron chi connectivity index (χ3n) is 2.79. The van der Waals surface area contributed by atoms with Gasteiger partial charge in [-0.3, -0.25) is 0 Å². The Bertz CT molecular complexity index is 317. The number of rotatable bonds is 8. The summed E-state index contributed by atoms with van der Waals surface area (Å²) in [6.45, 7) is 1.90. The van der Waals surface area contributed by atoms with Crippen molar-refractivity contribution in [3.05, 3.63) is 35.6 Å². The summed E-state index contributed by atoms with van der Waals surface area (Å²) >= 11 is 4.19. The molecule has 0 radical (unpaired) electrons. The number of nitrogens with zero attached hydrogens (tertiary/aromatic N) is 1. The predicted molar refractivity (Wildman–Crippen MR) is 75.1 cm³/mol. The molecule has 3 heteroatoms. The minimum atomic E-state index is -0.148. The van der Waals surface area contributed by atoms with E-state index in [1.54, 1.807) is 12.1 Å². The Morgan fingerprint density at radius 3 is 2.65 bits per heavy atom. The van der Waals surface area contributed by atoms with Crippen LogP contribution in [0, 0.1) is 5.82 Å². The quantitative estimate of drug-likeness (QED) is 0.547. The normalized spacial score (nSPS) is 11.1. The van der Waals surface area contributed by atoms with Crippen molar-refractivity contribution in [1.29, 1.82) is 0 Å². The van der Waals surface area contributed by atoms with Crippen molar-refractivity contribution in [3.8, 4) is 0 Å². The fraction of sp³-hybridized carbons (Fsp3) is 0.571. The van der Waals surface area contributed by atoms with Crippen molar-refractivity contribution in [2.24, 2.45) is 0 Å². The van der Waals surface area contributed by atoms with Gasteiger partial charge in [0.25, 0.3) is 0 Å². The molecule has 0 saturated carbocycles. The number of benzene rings is 1. The standard InChI is InChI=1S/C14H22FNS/c1-16(9-4-2-3-5-10-17)12-13-7-6-8-14(15)11-13/h6-8,11,17H,2-5,9-10,12H2,1H3. The fourth-order valence-electron chi connectivity index (χ4n) is 1.87. The first-order valence-corrected chi connectivity index (χ1v) is 6.89. The summed E-state index contributed by atoms with van der Waals surface area (Å²) in [7, 11) is 2.09. The van der Waals surface area contributed by atoms with Crippen molar-refractivity contribution < 1.29 is 4.39 Å². The Hall–Kier alpha value is -0.540. The third kappa shape index (κ3) is 6.69. The SMILES string of the molecule is CN(CCCCCCS)Cc1cccc(F)c1.